The molecule has 1 saturated heterocycles. The summed E-state index contributed by atoms with van der Waals surface area (Å²) in [4.78, 5) is 80.9. The fourth-order valence-electron chi connectivity index (χ4n) is 4.47. The molecule has 1 aliphatic rings. The van der Waals surface area contributed by atoms with Gasteiger partial charge in [0, 0.05) is 26.2 Å². The lowest BCUT2D eigenvalue weighted by molar-refractivity contribution is -0.134. The lowest BCUT2D eigenvalue weighted by Crippen LogP contribution is -2.58. The predicted molar refractivity (Wildman–Crippen MR) is 163 cm³/mol. The van der Waals surface area contributed by atoms with Crippen LogP contribution >= 0.6 is 11.8 Å². The number of thioether (sulfide) groups is 1. The molecule has 1 aliphatic heterocycles. The van der Waals surface area contributed by atoms with Gasteiger partial charge in [-0.3, -0.25) is 28.9 Å². The quantitative estimate of drug-likeness (QED) is 0.312. The lowest BCUT2D eigenvalue weighted by Gasteiger charge is -2.32. The molecule has 0 aromatic heterocycles. The molecule has 1 aromatic rings. The van der Waals surface area contributed by atoms with Gasteiger partial charge in [-0.05, 0) is 38.0 Å². The molecule has 6 amide bonds. The third-order valence-electron chi connectivity index (χ3n) is 7.29. The standard InChI is InChI=1S/C30H45N5O6S/c1-18(2)17-20(23(36)33-22(25(38)31-8)29(3,4)5)32-24(37)21(42-26(39)19-13-11-10-12-14-19)15-16-35-27(40)30(6,7)34(9)28(35)41/h10-14,18,20-22H,15-17H2,1-9H3,(H,31,38)(H,32,37)(H,33,36). The summed E-state index contributed by atoms with van der Waals surface area (Å²) in [6.07, 6.45) is 0.281. The van der Waals surface area contributed by atoms with Crippen LogP contribution in [0, 0.1) is 11.3 Å². The highest BCUT2D eigenvalue weighted by Gasteiger charge is 2.49. The van der Waals surface area contributed by atoms with E-state index < -0.39 is 52.0 Å². The van der Waals surface area contributed by atoms with Gasteiger partial charge in [0.1, 0.15) is 17.6 Å². The van der Waals surface area contributed by atoms with Crippen LogP contribution in [0.3, 0.4) is 0 Å². The Morgan fingerprint density at radius 2 is 1.55 bits per heavy atom. The smallest absolute Gasteiger partial charge is 0.327 e. The maximum absolute atomic E-state index is 13.7. The molecule has 0 bridgehead atoms. The number of hydrogen-bond acceptors (Lipinski definition) is 7. The Kier molecular flexibility index (Phi) is 11.7. The Morgan fingerprint density at radius 3 is 2.02 bits per heavy atom. The maximum atomic E-state index is 13.7. The van der Waals surface area contributed by atoms with E-state index in [0.29, 0.717) is 5.56 Å². The minimum Gasteiger partial charge on any atom is -0.357 e. The predicted octanol–water partition coefficient (Wildman–Crippen LogP) is 2.80. The molecule has 3 unspecified atom stereocenters. The number of rotatable bonds is 12. The summed E-state index contributed by atoms with van der Waals surface area (Å²) in [6, 6.07) is 6.15. The highest BCUT2D eigenvalue weighted by Crippen LogP contribution is 2.28. The summed E-state index contributed by atoms with van der Waals surface area (Å²) in [6.45, 7) is 12.5. The van der Waals surface area contributed by atoms with Crippen LogP contribution < -0.4 is 16.0 Å². The second kappa shape index (κ2) is 14.2. The number of carbonyl (C=O) groups is 6. The molecule has 2 rings (SSSR count). The van der Waals surface area contributed by atoms with Gasteiger partial charge in [-0.1, -0.05) is 76.7 Å². The largest absolute Gasteiger partial charge is 0.357 e. The Bertz CT molecular complexity index is 1180. The fraction of sp³-hybridized carbons (Fsp3) is 0.600. The first-order valence-electron chi connectivity index (χ1n) is 14.1. The van der Waals surface area contributed by atoms with Crippen molar-refractivity contribution in [2.24, 2.45) is 11.3 Å². The molecule has 232 valence electrons. The Labute approximate surface area is 252 Å². The highest BCUT2D eigenvalue weighted by molar-refractivity contribution is 8.15. The minimum atomic E-state index is -1.03. The van der Waals surface area contributed by atoms with Crippen LogP contribution in [0.1, 0.15) is 71.7 Å². The average Bonchev–Trinajstić information content (AvgIpc) is 3.06. The van der Waals surface area contributed by atoms with Crippen LogP contribution in [0.4, 0.5) is 4.79 Å². The molecule has 12 heteroatoms. The molecule has 0 saturated carbocycles. The number of nitrogens with zero attached hydrogens (tertiary/aromatic N) is 2. The monoisotopic (exact) mass is 603 g/mol. The Hall–Kier alpha value is -3.41. The van der Waals surface area contributed by atoms with Crippen molar-refractivity contribution in [3.8, 4) is 0 Å². The zero-order valence-corrected chi connectivity index (χ0v) is 26.9. The second-order valence-corrected chi connectivity index (χ2v) is 13.7. The molecule has 1 fully saturated rings. The van der Waals surface area contributed by atoms with Crippen molar-refractivity contribution >= 4 is 46.5 Å². The molecular formula is C30H45N5O6S. The van der Waals surface area contributed by atoms with E-state index in [1.165, 1.54) is 19.0 Å². The first kappa shape index (κ1) is 34.8. The van der Waals surface area contributed by atoms with Crippen molar-refractivity contribution in [2.75, 3.05) is 20.6 Å². The van der Waals surface area contributed by atoms with Crippen molar-refractivity contribution in [2.45, 2.75) is 84.2 Å². The van der Waals surface area contributed by atoms with Crippen LogP contribution in [0.15, 0.2) is 30.3 Å². The third-order valence-corrected chi connectivity index (χ3v) is 8.48. The summed E-state index contributed by atoms with van der Waals surface area (Å²) in [5.41, 5.74) is -1.24. The van der Waals surface area contributed by atoms with E-state index in [0.717, 1.165) is 16.7 Å². The van der Waals surface area contributed by atoms with Crippen LogP contribution in [-0.4, -0.2) is 88.1 Å². The summed E-state index contributed by atoms with van der Waals surface area (Å²) in [5.74, 6) is -1.84. The molecular weight excluding hydrogens is 558 g/mol. The maximum Gasteiger partial charge on any atom is 0.327 e. The van der Waals surface area contributed by atoms with Gasteiger partial charge >= 0.3 is 6.03 Å². The van der Waals surface area contributed by atoms with E-state index in [2.05, 4.69) is 16.0 Å². The summed E-state index contributed by atoms with van der Waals surface area (Å²) < 4.78 is 0. The van der Waals surface area contributed by atoms with Crippen molar-refractivity contribution in [1.29, 1.82) is 0 Å². The summed E-state index contributed by atoms with van der Waals surface area (Å²) in [5, 5.41) is 6.77. The summed E-state index contributed by atoms with van der Waals surface area (Å²) >= 11 is 0.782. The number of carbonyl (C=O) groups excluding carboxylic acids is 6. The zero-order chi connectivity index (χ0) is 32.0. The first-order chi connectivity index (χ1) is 19.4. The van der Waals surface area contributed by atoms with Crippen LogP contribution in [-0.2, 0) is 19.2 Å². The van der Waals surface area contributed by atoms with E-state index in [1.54, 1.807) is 44.2 Å². The van der Waals surface area contributed by atoms with Gasteiger partial charge in [-0.25, -0.2) is 4.79 Å². The van der Waals surface area contributed by atoms with E-state index in [-0.39, 0.29) is 36.3 Å². The van der Waals surface area contributed by atoms with Gasteiger partial charge in [0.05, 0.1) is 5.25 Å². The molecule has 42 heavy (non-hydrogen) atoms. The molecule has 0 radical (unpaired) electrons. The number of benzene rings is 1. The van der Waals surface area contributed by atoms with Crippen LogP contribution in [0.25, 0.3) is 0 Å². The molecule has 1 heterocycles. The number of urea groups is 1. The van der Waals surface area contributed by atoms with E-state index >= 15 is 0 Å². The van der Waals surface area contributed by atoms with E-state index in [1.807, 2.05) is 34.6 Å². The SMILES string of the molecule is CNC(=O)C(NC(=O)C(CC(C)C)NC(=O)C(CCN1C(=O)N(C)C(C)(C)C1=O)SC(=O)c1ccccc1)C(C)(C)C. The van der Waals surface area contributed by atoms with Gasteiger partial charge in [-0.15, -0.1) is 0 Å². The van der Waals surface area contributed by atoms with Gasteiger partial charge < -0.3 is 20.9 Å². The van der Waals surface area contributed by atoms with Crippen molar-refractivity contribution in [3.05, 3.63) is 35.9 Å². The van der Waals surface area contributed by atoms with Crippen molar-refractivity contribution < 1.29 is 28.8 Å². The van der Waals surface area contributed by atoms with Crippen molar-refractivity contribution in [1.82, 2.24) is 25.8 Å². The number of nitrogens with one attached hydrogen (secondary N) is 3. The van der Waals surface area contributed by atoms with Gasteiger partial charge in [0.25, 0.3) is 5.91 Å². The molecule has 1 aromatic carbocycles. The molecule has 11 nitrogen and oxygen atoms in total. The van der Waals surface area contributed by atoms with Crippen LogP contribution in [0.2, 0.25) is 0 Å². The third kappa shape index (κ3) is 8.56. The normalized spacial score (nSPS) is 17.1. The number of likely N-dealkylation sites (N-methyl/N-ethyl adjacent to an activating group) is 2. The molecule has 0 spiro atoms. The molecule has 3 atom stereocenters. The van der Waals surface area contributed by atoms with Crippen molar-refractivity contribution in [3.63, 3.8) is 0 Å². The summed E-state index contributed by atoms with van der Waals surface area (Å²) in [7, 11) is 3.03. The van der Waals surface area contributed by atoms with E-state index in [9.17, 15) is 28.8 Å². The topological polar surface area (TPSA) is 145 Å². The lowest BCUT2D eigenvalue weighted by atomic mass is 9.85. The van der Waals surface area contributed by atoms with Gasteiger partial charge in [0.2, 0.25) is 22.8 Å². The number of amides is 6. The number of imide groups is 1. The van der Waals surface area contributed by atoms with E-state index in [4.69, 9.17) is 0 Å². The minimum absolute atomic E-state index is 0.00462. The van der Waals surface area contributed by atoms with Gasteiger partial charge in [0.15, 0.2) is 0 Å². The highest BCUT2D eigenvalue weighted by atomic mass is 32.2. The number of hydrogen-bond donors (Lipinski definition) is 3. The van der Waals surface area contributed by atoms with Gasteiger partial charge in [-0.2, -0.15) is 0 Å². The van der Waals surface area contributed by atoms with Crippen LogP contribution in [0.5, 0.6) is 0 Å². The zero-order valence-electron chi connectivity index (χ0n) is 26.1. The average molecular weight is 604 g/mol. The molecule has 3 N–H and O–H groups in total. The fourth-order valence-corrected chi connectivity index (χ4v) is 5.40. The molecule has 0 aliphatic carbocycles. The Morgan fingerprint density at radius 1 is 0.952 bits per heavy atom. The second-order valence-electron chi connectivity index (χ2n) is 12.5. The Balaban J connectivity index is 2.32. The first-order valence-corrected chi connectivity index (χ1v) is 15.0.